The molecule has 1 unspecified atom stereocenters. The van der Waals surface area contributed by atoms with Gasteiger partial charge in [-0.25, -0.2) is 9.97 Å². The second-order valence-corrected chi connectivity index (χ2v) is 5.11. The van der Waals surface area contributed by atoms with Crippen molar-refractivity contribution in [3.8, 4) is 0 Å². The van der Waals surface area contributed by atoms with E-state index in [1.54, 1.807) is 0 Å². The lowest BCUT2D eigenvalue weighted by Gasteiger charge is -2.30. The summed E-state index contributed by atoms with van der Waals surface area (Å²) in [6.45, 7) is 13.7. The molecule has 0 amide bonds. The normalized spacial score (nSPS) is 12.8. The van der Waals surface area contributed by atoms with Crippen LogP contribution in [0.1, 0.15) is 58.3 Å². The molecule has 1 atom stereocenters. The van der Waals surface area contributed by atoms with Crippen LogP contribution in [-0.2, 0) is 0 Å². The molecule has 0 aliphatic rings. The quantitative estimate of drug-likeness (QED) is 0.872. The van der Waals surface area contributed by atoms with Crippen molar-refractivity contribution < 1.29 is 0 Å². The van der Waals surface area contributed by atoms with Crippen molar-refractivity contribution in [3.63, 3.8) is 0 Å². The summed E-state index contributed by atoms with van der Waals surface area (Å²) >= 11 is 0. The Labute approximate surface area is 111 Å². The molecule has 102 valence electrons. The van der Waals surface area contributed by atoms with Crippen molar-refractivity contribution >= 4 is 11.6 Å². The highest BCUT2D eigenvalue weighted by molar-refractivity contribution is 5.57. The molecule has 2 N–H and O–H groups in total. The number of anilines is 2. The number of aromatic nitrogens is 2. The number of nitrogens with zero attached hydrogens (tertiary/aromatic N) is 3. The molecule has 0 bridgehead atoms. The van der Waals surface area contributed by atoms with Gasteiger partial charge in [0.1, 0.15) is 17.5 Å². The SMILES string of the molecule is CCC(C)N(CC)c1nc(C(C)C)nc(N)c1C. The first-order valence-corrected chi connectivity index (χ1v) is 6.82. The van der Waals surface area contributed by atoms with E-state index >= 15 is 0 Å². The molecule has 1 heterocycles. The van der Waals surface area contributed by atoms with Crippen LogP contribution in [0.4, 0.5) is 11.6 Å². The van der Waals surface area contributed by atoms with Gasteiger partial charge >= 0.3 is 0 Å². The van der Waals surface area contributed by atoms with Crippen LogP contribution in [0.5, 0.6) is 0 Å². The predicted molar refractivity (Wildman–Crippen MR) is 78.0 cm³/mol. The third kappa shape index (κ3) is 2.92. The van der Waals surface area contributed by atoms with E-state index in [9.17, 15) is 0 Å². The van der Waals surface area contributed by atoms with Crippen molar-refractivity contribution in [2.24, 2.45) is 0 Å². The molecule has 0 spiro atoms. The van der Waals surface area contributed by atoms with E-state index in [2.05, 4.69) is 44.5 Å². The van der Waals surface area contributed by atoms with Crippen LogP contribution < -0.4 is 10.6 Å². The fourth-order valence-electron chi connectivity index (χ4n) is 1.97. The zero-order valence-corrected chi connectivity index (χ0v) is 12.5. The maximum atomic E-state index is 6.02. The van der Waals surface area contributed by atoms with Crippen molar-refractivity contribution in [2.75, 3.05) is 17.2 Å². The Morgan fingerprint density at radius 3 is 2.22 bits per heavy atom. The molecule has 0 saturated carbocycles. The van der Waals surface area contributed by atoms with Crippen LogP contribution in [0, 0.1) is 6.92 Å². The van der Waals surface area contributed by atoms with Gasteiger partial charge in [0.05, 0.1) is 0 Å². The summed E-state index contributed by atoms with van der Waals surface area (Å²) in [4.78, 5) is 11.4. The van der Waals surface area contributed by atoms with Gasteiger partial charge in [0, 0.05) is 24.1 Å². The second-order valence-electron chi connectivity index (χ2n) is 5.11. The monoisotopic (exact) mass is 250 g/mol. The number of hydrogen-bond acceptors (Lipinski definition) is 4. The predicted octanol–water partition coefficient (Wildman–Crippen LogP) is 3.12. The molecule has 1 aromatic rings. The molecule has 4 heteroatoms. The van der Waals surface area contributed by atoms with Crippen LogP contribution >= 0.6 is 0 Å². The Hall–Kier alpha value is -1.32. The topological polar surface area (TPSA) is 55.0 Å². The summed E-state index contributed by atoms with van der Waals surface area (Å²) in [6.07, 6.45) is 1.09. The minimum atomic E-state index is 0.294. The van der Waals surface area contributed by atoms with Crippen molar-refractivity contribution in [1.29, 1.82) is 0 Å². The minimum Gasteiger partial charge on any atom is -0.383 e. The first-order chi connectivity index (χ1) is 8.42. The van der Waals surface area contributed by atoms with Crippen molar-refractivity contribution in [2.45, 2.75) is 59.9 Å². The zero-order chi connectivity index (χ0) is 13.9. The average molecular weight is 250 g/mol. The highest BCUT2D eigenvalue weighted by Gasteiger charge is 2.18. The van der Waals surface area contributed by atoms with Gasteiger partial charge in [-0.3, -0.25) is 0 Å². The summed E-state index contributed by atoms with van der Waals surface area (Å²) in [7, 11) is 0. The lowest BCUT2D eigenvalue weighted by atomic mass is 10.1. The molecule has 4 nitrogen and oxygen atoms in total. The van der Waals surface area contributed by atoms with Crippen LogP contribution in [0.3, 0.4) is 0 Å². The lowest BCUT2D eigenvalue weighted by Crippen LogP contribution is -2.34. The minimum absolute atomic E-state index is 0.294. The van der Waals surface area contributed by atoms with E-state index in [1.165, 1.54) is 0 Å². The Bertz CT molecular complexity index is 401. The average Bonchev–Trinajstić information content (AvgIpc) is 2.34. The van der Waals surface area contributed by atoms with Crippen LogP contribution in [0.2, 0.25) is 0 Å². The van der Waals surface area contributed by atoms with Crippen LogP contribution in [-0.4, -0.2) is 22.6 Å². The highest BCUT2D eigenvalue weighted by atomic mass is 15.2. The van der Waals surface area contributed by atoms with Gasteiger partial charge in [0.2, 0.25) is 0 Å². The number of rotatable bonds is 5. The smallest absolute Gasteiger partial charge is 0.137 e. The first-order valence-electron chi connectivity index (χ1n) is 6.82. The van der Waals surface area contributed by atoms with E-state index in [0.29, 0.717) is 17.8 Å². The van der Waals surface area contributed by atoms with Gasteiger partial charge in [0.15, 0.2) is 0 Å². The summed E-state index contributed by atoms with van der Waals surface area (Å²) < 4.78 is 0. The summed E-state index contributed by atoms with van der Waals surface area (Å²) in [5.74, 6) is 2.71. The molecule has 0 radical (unpaired) electrons. The fourth-order valence-corrected chi connectivity index (χ4v) is 1.97. The Kier molecular flexibility index (Phi) is 4.93. The Morgan fingerprint density at radius 1 is 1.17 bits per heavy atom. The van der Waals surface area contributed by atoms with E-state index in [4.69, 9.17) is 10.7 Å². The lowest BCUT2D eigenvalue weighted by molar-refractivity contribution is 0.616. The van der Waals surface area contributed by atoms with E-state index in [1.807, 2.05) is 6.92 Å². The largest absolute Gasteiger partial charge is 0.383 e. The van der Waals surface area contributed by atoms with Crippen LogP contribution in [0.15, 0.2) is 0 Å². The molecule has 0 aliphatic heterocycles. The first kappa shape index (κ1) is 14.7. The van der Waals surface area contributed by atoms with Gasteiger partial charge in [-0.1, -0.05) is 20.8 Å². The van der Waals surface area contributed by atoms with E-state index < -0.39 is 0 Å². The molecule has 0 fully saturated rings. The van der Waals surface area contributed by atoms with Gasteiger partial charge in [0.25, 0.3) is 0 Å². The zero-order valence-electron chi connectivity index (χ0n) is 12.5. The number of nitrogens with two attached hydrogens (primary N) is 1. The van der Waals surface area contributed by atoms with E-state index in [-0.39, 0.29) is 0 Å². The number of hydrogen-bond donors (Lipinski definition) is 1. The molecule has 0 aliphatic carbocycles. The molecule has 1 rings (SSSR count). The maximum Gasteiger partial charge on any atom is 0.137 e. The standard InChI is InChI=1S/C14H26N4/c1-7-10(5)18(8-2)14-11(6)12(15)16-13(17-14)9(3)4/h9-10H,7-8H2,1-6H3,(H2,15,16,17). The summed E-state index contributed by atoms with van der Waals surface area (Å²) in [6, 6.07) is 0.461. The highest BCUT2D eigenvalue weighted by Crippen LogP contribution is 2.26. The summed E-state index contributed by atoms with van der Waals surface area (Å²) in [5.41, 5.74) is 7.00. The number of nitrogen functional groups attached to an aromatic ring is 1. The van der Waals surface area contributed by atoms with Gasteiger partial charge in [-0.05, 0) is 27.2 Å². The van der Waals surface area contributed by atoms with Gasteiger partial charge < -0.3 is 10.6 Å². The second kappa shape index (κ2) is 6.03. The third-order valence-electron chi connectivity index (χ3n) is 3.43. The van der Waals surface area contributed by atoms with Gasteiger partial charge in [-0.2, -0.15) is 0 Å². The van der Waals surface area contributed by atoms with Crippen molar-refractivity contribution in [1.82, 2.24) is 9.97 Å². The molecule has 0 aromatic carbocycles. The van der Waals surface area contributed by atoms with E-state index in [0.717, 1.165) is 30.2 Å². The molecule has 18 heavy (non-hydrogen) atoms. The molecule has 1 aromatic heterocycles. The Morgan fingerprint density at radius 2 is 1.78 bits per heavy atom. The third-order valence-corrected chi connectivity index (χ3v) is 3.43. The Balaban J connectivity index is 3.28. The van der Waals surface area contributed by atoms with Crippen LogP contribution in [0.25, 0.3) is 0 Å². The fraction of sp³-hybridized carbons (Fsp3) is 0.714. The molecule has 0 saturated heterocycles. The van der Waals surface area contributed by atoms with Crippen molar-refractivity contribution in [3.05, 3.63) is 11.4 Å². The molecular formula is C14H26N4. The van der Waals surface area contributed by atoms with Gasteiger partial charge in [-0.15, -0.1) is 0 Å². The summed E-state index contributed by atoms with van der Waals surface area (Å²) in [5, 5.41) is 0. The maximum absolute atomic E-state index is 6.02. The molecular weight excluding hydrogens is 224 g/mol.